The van der Waals surface area contributed by atoms with E-state index < -0.39 is 0 Å². The molecule has 0 aliphatic heterocycles. The Morgan fingerprint density at radius 2 is 0.569 bits per heavy atom. The van der Waals surface area contributed by atoms with Crippen LogP contribution in [-0.2, 0) is 0 Å². The van der Waals surface area contributed by atoms with Crippen molar-refractivity contribution in [3.63, 3.8) is 0 Å². The van der Waals surface area contributed by atoms with E-state index >= 15 is 0 Å². The second-order valence-electron chi connectivity index (χ2n) is 13.2. The number of H-pyrrole nitrogens is 1. The summed E-state index contributed by atoms with van der Waals surface area (Å²) in [6.45, 7) is 0. The molecular weight excluding hydrogens is 619 g/mol. The summed E-state index contributed by atoms with van der Waals surface area (Å²) in [6, 6.07) is 70.1. The van der Waals surface area contributed by atoms with Crippen LogP contribution in [0.4, 0.5) is 34.3 Å². The molecule has 0 saturated heterocycles. The number of benzene rings is 9. The van der Waals surface area contributed by atoms with Crippen LogP contribution in [0.1, 0.15) is 0 Å². The first kappa shape index (κ1) is 29.1. The number of fused-ring (bicyclic) bond motifs is 5. The standard InChI is InChI=1S/C48H33N3/c1-5-13-37-27-42(22-17-33(37)9-1)50(43-23-18-34-10-2-6-14-38(34)28-43)46-26-21-41-31-48(49-47(41)32-46)51(44-24-19-35-11-3-7-15-39(35)29-44)45-25-20-36-12-4-8-16-40(36)30-45/h1-32,49H. The Labute approximate surface area is 296 Å². The van der Waals surface area contributed by atoms with Gasteiger partial charge in [-0.2, -0.15) is 0 Å². The largest absolute Gasteiger partial charge is 0.341 e. The van der Waals surface area contributed by atoms with Crippen molar-refractivity contribution in [3.05, 3.63) is 194 Å². The van der Waals surface area contributed by atoms with Gasteiger partial charge in [-0.3, -0.25) is 4.90 Å². The van der Waals surface area contributed by atoms with E-state index in [4.69, 9.17) is 0 Å². The van der Waals surface area contributed by atoms with Crippen LogP contribution in [-0.4, -0.2) is 4.98 Å². The molecule has 0 atom stereocenters. The van der Waals surface area contributed by atoms with Crippen molar-refractivity contribution in [1.82, 2.24) is 4.98 Å². The molecule has 1 heterocycles. The second-order valence-corrected chi connectivity index (χ2v) is 13.2. The van der Waals surface area contributed by atoms with Gasteiger partial charge in [-0.1, -0.05) is 127 Å². The first-order chi connectivity index (χ1) is 25.2. The van der Waals surface area contributed by atoms with Crippen molar-refractivity contribution in [3.8, 4) is 0 Å². The van der Waals surface area contributed by atoms with Gasteiger partial charge in [0.05, 0.1) is 0 Å². The molecule has 0 radical (unpaired) electrons. The zero-order chi connectivity index (χ0) is 33.7. The van der Waals surface area contributed by atoms with Gasteiger partial charge in [0.25, 0.3) is 0 Å². The van der Waals surface area contributed by atoms with Crippen LogP contribution in [0.5, 0.6) is 0 Å². The smallest absolute Gasteiger partial charge is 0.116 e. The van der Waals surface area contributed by atoms with E-state index in [2.05, 4.69) is 209 Å². The molecule has 1 N–H and O–H groups in total. The second kappa shape index (κ2) is 11.9. The van der Waals surface area contributed by atoms with Gasteiger partial charge in [0.15, 0.2) is 0 Å². The van der Waals surface area contributed by atoms with Gasteiger partial charge in [-0.15, -0.1) is 0 Å². The van der Waals surface area contributed by atoms with E-state index in [1.54, 1.807) is 0 Å². The maximum atomic E-state index is 3.85. The van der Waals surface area contributed by atoms with E-state index in [-0.39, 0.29) is 0 Å². The van der Waals surface area contributed by atoms with E-state index in [1.807, 2.05) is 0 Å². The summed E-state index contributed by atoms with van der Waals surface area (Å²) in [6.07, 6.45) is 0. The summed E-state index contributed by atoms with van der Waals surface area (Å²) in [7, 11) is 0. The first-order valence-electron chi connectivity index (χ1n) is 17.4. The zero-order valence-corrected chi connectivity index (χ0v) is 27.9. The molecule has 3 heteroatoms. The lowest BCUT2D eigenvalue weighted by Crippen LogP contribution is -2.10. The molecule has 51 heavy (non-hydrogen) atoms. The number of nitrogens with one attached hydrogen (secondary N) is 1. The number of anilines is 6. The molecular formula is C48H33N3. The molecule has 240 valence electrons. The Hall–Kier alpha value is -6.84. The number of nitrogens with zero attached hydrogens (tertiary/aromatic N) is 2. The van der Waals surface area contributed by atoms with Gasteiger partial charge < -0.3 is 9.88 Å². The van der Waals surface area contributed by atoms with E-state index in [1.165, 1.54) is 43.1 Å². The minimum Gasteiger partial charge on any atom is -0.341 e. The molecule has 0 unspecified atom stereocenters. The fraction of sp³-hybridized carbons (Fsp3) is 0. The molecule has 1 aromatic heterocycles. The molecule has 0 aliphatic carbocycles. The molecule has 0 fully saturated rings. The third kappa shape index (κ3) is 5.24. The minimum atomic E-state index is 1.01. The Morgan fingerprint density at radius 1 is 0.255 bits per heavy atom. The predicted octanol–water partition coefficient (Wildman–Crippen LogP) is 13.7. The third-order valence-electron chi connectivity index (χ3n) is 10.1. The molecule has 10 aromatic rings. The molecule has 10 rings (SSSR count). The van der Waals surface area contributed by atoms with Crippen LogP contribution in [0.3, 0.4) is 0 Å². The molecule has 0 bridgehead atoms. The SMILES string of the molecule is c1ccc2cc(N(c3ccc4ccccc4c3)c3ccc4cc(N(c5ccc6ccccc6c5)c5ccc6ccccc6c5)[nH]c4c3)ccc2c1. The van der Waals surface area contributed by atoms with Crippen molar-refractivity contribution >= 4 is 88.2 Å². The maximum absolute atomic E-state index is 3.85. The number of hydrogen-bond acceptors (Lipinski definition) is 2. The molecule has 0 aliphatic rings. The predicted molar refractivity (Wildman–Crippen MR) is 218 cm³/mol. The molecule has 0 spiro atoms. The van der Waals surface area contributed by atoms with Crippen LogP contribution in [0.25, 0.3) is 54.0 Å². The van der Waals surface area contributed by atoms with Gasteiger partial charge in [0, 0.05) is 39.3 Å². The average molecular weight is 652 g/mol. The fourth-order valence-corrected chi connectivity index (χ4v) is 7.50. The first-order valence-corrected chi connectivity index (χ1v) is 17.4. The van der Waals surface area contributed by atoms with Crippen molar-refractivity contribution in [2.24, 2.45) is 0 Å². The highest BCUT2D eigenvalue weighted by atomic mass is 15.2. The minimum absolute atomic E-state index is 1.01. The fourth-order valence-electron chi connectivity index (χ4n) is 7.50. The Balaban J connectivity index is 1.14. The quantitative estimate of drug-likeness (QED) is 0.193. The van der Waals surface area contributed by atoms with Gasteiger partial charge in [-0.05, 0) is 110 Å². The van der Waals surface area contributed by atoms with Crippen molar-refractivity contribution < 1.29 is 0 Å². The van der Waals surface area contributed by atoms with Crippen LogP contribution in [0, 0.1) is 0 Å². The lowest BCUT2D eigenvalue weighted by molar-refractivity contribution is 1.23. The number of rotatable bonds is 6. The van der Waals surface area contributed by atoms with E-state index in [0.717, 1.165) is 45.2 Å². The summed E-state index contributed by atoms with van der Waals surface area (Å²) in [5.41, 5.74) is 6.59. The van der Waals surface area contributed by atoms with Crippen LogP contribution >= 0.6 is 0 Å². The Bertz CT molecular complexity index is 2580. The lowest BCUT2D eigenvalue weighted by atomic mass is 10.1. The van der Waals surface area contributed by atoms with Gasteiger partial charge in [-0.25, -0.2) is 0 Å². The molecule has 9 aromatic carbocycles. The molecule has 3 nitrogen and oxygen atoms in total. The number of hydrogen-bond donors (Lipinski definition) is 1. The zero-order valence-electron chi connectivity index (χ0n) is 27.9. The highest BCUT2D eigenvalue weighted by Crippen LogP contribution is 2.42. The highest BCUT2D eigenvalue weighted by molar-refractivity contribution is 5.97. The van der Waals surface area contributed by atoms with Crippen LogP contribution < -0.4 is 9.80 Å². The summed E-state index contributed by atoms with van der Waals surface area (Å²) in [5.74, 6) is 1.01. The van der Waals surface area contributed by atoms with Crippen molar-refractivity contribution in [1.29, 1.82) is 0 Å². The monoisotopic (exact) mass is 651 g/mol. The summed E-state index contributed by atoms with van der Waals surface area (Å²) in [4.78, 5) is 8.55. The van der Waals surface area contributed by atoms with Gasteiger partial charge in [0.1, 0.15) is 5.82 Å². The van der Waals surface area contributed by atoms with Gasteiger partial charge in [0.2, 0.25) is 0 Å². The van der Waals surface area contributed by atoms with Crippen molar-refractivity contribution in [2.45, 2.75) is 0 Å². The number of aromatic amines is 1. The molecule has 0 saturated carbocycles. The molecule has 0 amide bonds. The maximum Gasteiger partial charge on any atom is 0.116 e. The third-order valence-corrected chi connectivity index (χ3v) is 10.1. The topological polar surface area (TPSA) is 22.3 Å². The normalized spacial score (nSPS) is 11.5. The summed E-state index contributed by atoms with van der Waals surface area (Å²) >= 11 is 0. The highest BCUT2D eigenvalue weighted by Gasteiger charge is 2.19. The lowest BCUT2D eigenvalue weighted by Gasteiger charge is -2.26. The van der Waals surface area contributed by atoms with Gasteiger partial charge >= 0.3 is 0 Å². The van der Waals surface area contributed by atoms with Crippen LogP contribution in [0.15, 0.2) is 194 Å². The van der Waals surface area contributed by atoms with E-state index in [9.17, 15) is 0 Å². The number of aromatic nitrogens is 1. The van der Waals surface area contributed by atoms with Crippen molar-refractivity contribution in [2.75, 3.05) is 9.80 Å². The summed E-state index contributed by atoms with van der Waals surface area (Å²) < 4.78 is 0. The Kier molecular flexibility index (Phi) is 6.81. The van der Waals surface area contributed by atoms with E-state index in [0.29, 0.717) is 0 Å². The summed E-state index contributed by atoms with van der Waals surface area (Å²) in [5, 5.41) is 10.9. The average Bonchev–Trinajstić information content (AvgIpc) is 3.61. The Morgan fingerprint density at radius 3 is 0.961 bits per heavy atom. The van der Waals surface area contributed by atoms with Crippen LogP contribution in [0.2, 0.25) is 0 Å².